The van der Waals surface area contributed by atoms with Gasteiger partial charge in [-0.25, -0.2) is 0 Å². The summed E-state index contributed by atoms with van der Waals surface area (Å²) in [5.41, 5.74) is 3.67. The van der Waals surface area contributed by atoms with Crippen LogP contribution in [0, 0.1) is 13.8 Å². The number of rotatable bonds is 8. The van der Waals surface area contributed by atoms with Gasteiger partial charge in [-0.1, -0.05) is 19.1 Å². The summed E-state index contributed by atoms with van der Waals surface area (Å²) in [4.78, 5) is 0. The van der Waals surface area contributed by atoms with Crippen molar-refractivity contribution in [3.63, 3.8) is 0 Å². The molecule has 0 saturated heterocycles. The Labute approximate surface area is 110 Å². The second-order valence-electron chi connectivity index (χ2n) is 4.62. The van der Waals surface area contributed by atoms with Gasteiger partial charge >= 0.3 is 0 Å². The van der Waals surface area contributed by atoms with Crippen LogP contribution in [0.25, 0.3) is 0 Å². The summed E-state index contributed by atoms with van der Waals surface area (Å²) < 4.78 is 5.80. The Bertz CT molecular complexity index is 341. The first-order valence-corrected chi connectivity index (χ1v) is 6.73. The highest BCUT2D eigenvalue weighted by Gasteiger charge is 2.06. The normalized spacial score (nSPS) is 10.7. The van der Waals surface area contributed by atoms with Gasteiger partial charge < -0.3 is 15.2 Å². The zero-order chi connectivity index (χ0) is 13.4. The SMILES string of the molecule is CCNCc1cc(C)c(OCCCCO)c(C)c1. The third-order valence-electron chi connectivity index (χ3n) is 2.90. The topological polar surface area (TPSA) is 41.5 Å². The molecule has 0 fully saturated rings. The van der Waals surface area contributed by atoms with Crippen LogP contribution in [0.15, 0.2) is 12.1 Å². The van der Waals surface area contributed by atoms with Crippen LogP contribution in [0.4, 0.5) is 0 Å². The van der Waals surface area contributed by atoms with E-state index in [4.69, 9.17) is 9.84 Å². The van der Waals surface area contributed by atoms with Crippen LogP contribution in [0.1, 0.15) is 36.5 Å². The fourth-order valence-electron chi connectivity index (χ4n) is 2.03. The van der Waals surface area contributed by atoms with Gasteiger partial charge in [0.15, 0.2) is 0 Å². The Hall–Kier alpha value is -1.06. The van der Waals surface area contributed by atoms with Crippen molar-refractivity contribution in [1.82, 2.24) is 5.32 Å². The van der Waals surface area contributed by atoms with Crippen LogP contribution in [-0.2, 0) is 6.54 Å². The van der Waals surface area contributed by atoms with E-state index in [1.807, 2.05) is 0 Å². The number of benzene rings is 1. The zero-order valence-corrected chi connectivity index (χ0v) is 11.8. The standard InChI is InChI=1S/C15H25NO2/c1-4-16-11-14-9-12(2)15(13(3)10-14)18-8-6-5-7-17/h9-10,16-17H,4-8,11H2,1-3H3. The number of ether oxygens (including phenoxy) is 1. The van der Waals surface area contributed by atoms with Crippen molar-refractivity contribution in [2.24, 2.45) is 0 Å². The summed E-state index contributed by atoms with van der Waals surface area (Å²) in [7, 11) is 0. The smallest absolute Gasteiger partial charge is 0.125 e. The van der Waals surface area contributed by atoms with E-state index in [1.54, 1.807) is 0 Å². The van der Waals surface area contributed by atoms with Crippen molar-refractivity contribution < 1.29 is 9.84 Å². The minimum atomic E-state index is 0.239. The first-order valence-electron chi connectivity index (χ1n) is 6.73. The highest BCUT2D eigenvalue weighted by Crippen LogP contribution is 2.25. The van der Waals surface area contributed by atoms with E-state index in [-0.39, 0.29) is 6.61 Å². The van der Waals surface area contributed by atoms with Gasteiger partial charge in [0.05, 0.1) is 6.61 Å². The third kappa shape index (κ3) is 4.67. The molecule has 0 saturated carbocycles. The minimum absolute atomic E-state index is 0.239. The minimum Gasteiger partial charge on any atom is -0.493 e. The Morgan fingerprint density at radius 3 is 2.39 bits per heavy atom. The molecule has 0 aliphatic carbocycles. The fraction of sp³-hybridized carbons (Fsp3) is 0.600. The number of aryl methyl sites for hydroxylation is 2. The molecule has 102 valence electrons. The van der Waals surface area contributed by atoms with E-state index in [0.717, 1.165) is 31.7 Å². The second kappa shape index (κ2) is 8.11. The van der Waals surface area contributed by atoms with E-state index in [1.165, 1.54) is 16.7 Å². The first kappa shape index (κ1) is 15.0. The largest absolute Gasteiger partial charge is 0.493 e. The molecule has 0 bridgehead atoms. The van der Waals surface area contributed by atoms with E-state index in [0.29, 0.717) is 6.61 Å². The van der Waals surface area contributed by atoms with E-state index >= 15 is 0 Å². The van der Waals surface area contributed by atoms with Crippen molar-refractivity contribution in [3.05, 3.63) is 28.8 Å². The summed E-state index contributed by atoms with van der Waals surface area (Å²) in [6.45, 7) is 9.09. The van der Waals surface area contributed by atoms with E-state index < -0.39 is 0 Å². The molecule has 2 N–H and O–H groups in total. The van der Waals surface area contributed by atoms with Gasteiger partial charge in [-0.3, -0.25) is 0 Å². The van der Waals surface area contributed by atoms with Crippen molar-refractivity contribution in [3.8, 4) is 5.75 Å². The van der Waals surface area contributed by atoms with Gasteiger partial charge in [-0.2, -0.15) is 0 Å². The summed E-state index contributed by atoms with van der Waals surface area (Å²) in [6, 6.07) is 4.36. The lowest BCUT2D eigenvalue weighted by atomic mass is 10.1. The second-order valence-corrected chi connectivity index (χ2v) is 4.62. The Morgan fingerprint density at radius 2 is 1.83 bits per heavy atom. The molecule has 1 aromatic rings. The Balaban J connectivity index is 2.62. The lowest BCUT2D eigenvalue weighted by Crippen LogP contribution is -2.12. The van der Waals surface area contributed by atoms with Crippen LogP contribution >= 0.6 is 0 Å². The molecule has 1 aromatic carbocycles. The Kier molecular flexibility index (Phi) is 6.76. The van der Waals surface area contributed by atoms with Gasteiger partial charge in [0, 0.05) is 13.2 Å². The van der Waals surface area contributed by atoms with Crippen LogP contribution in [0.2, 0.25) is 0 Å². The fourth-order valence-corrected chi connectivity index (χ4v) is 2.03. The van der Waals surface area contributed by atoms with Gasteiger partial charge in [0.2, 0.25) is 0 Å². The molecule has 0 heterocycles. The molecule has 0 unspecified atom stereocenters. The number of nitrogens with one attached hydrogen (secondary N) is 1. The lowest BCUT2D eigenvalue weighted by molar-refractivity contribution is 0.252. The third-order valence-corrected chi connectivity index (χ3v) is 2.90. The van der Waals surface area contributed by atoms with E-state index in [9.17, 15) is 0 Å². The molecule has 3 nitrogen and oxygen atoms in total. The maximum Gasteiger partial charge on any atom is 0.125 e. The predicted molar refractivity (Wildman–Crippen MR) is 75.1 cm³/mol. The number of unbranched alkanes of at least 4 members (excludes halogenated alkanes) is 1. The maximum absolute atomic E-state index is 8.73. The summed E-state index contributed by atoms with van der Waals surface area (Å²) in [5, 5.41) is 12.1. The highest BCUT2D eigenvalue weighted by molar-refractivity contribution is 5.43. The average Bonchev–Trinajstić information content (AvgIpc) is 2.34. The predicted octanol–water partition coefficient (Wildman–Crippen LogP) is 2.56. The lowest BCUT2D eigenvalue weighted by Gasteiger charge is -2.14. The van der Waals surface area contributed by atoms with Crippen molar-refractivity contribution in [2.75, 3.05) is 19.8 Å². The van der Waals surface area contributed by atoms with Gasteiger partial charge in [0.25, 0.3) is 0 Å². The molecule has 3 heteroatoms. The van der Waals surface area contributed by atoms with Crippen molar-refractivity contribution >= 4 is 0 Å². The van der Waals surface area contributed by atoms with Crippen LogP contribution < -0.4 is 10.1 Å². The molecule has 0 aliphatic heterocycles. The molecular formula is C15H25NO2. The van der Waals surface area contributed by atoms with Gasteiger partial charge in [-0.05, 0) is 49.9 Å². The summed E-state index contributed by atoms with van der Waals surface area (Å²) >= 11 is 0. The van der Waals surface area contributed by atoms with Crippen LogP contribution in [-0.4, -0.2) is 24.9 Å². The monoisotopic (exact) mass is 251 g/mol. The molecule has 0 spiro atoms. The van der Waals surface area contributed by atoms with Crippen molar-refractivity contribution in [2.45, 2.75) is 40.2 Å². The van der Waals surface area contributed by atoms with Gasteiger partial charge in [-0.15, -0.1) is 0 Å². The summed E-state index contributed by atoms with van der Waals surface area (Å²) in [5.74, 6) is 0.994. The molecule has 1 rings (SSSR count). The molecule has 0 aromatic heterocycles. The highest BCUT2D eigenvalue weighted by atomic mass is 16.5. The van der Waals surface area contributed by atoms with Gasteiger partial charge in [0.1, 0.15) is 5.75 Å². The first-order chi connectivity index (χ1) is 8.69. The number of hydrogen-bond acceptors (Lipinski definition) is 3. The molecular weight excluding hydrogens is 226 g/mol. The van der Waals surface area contributed by atoms with Crippen molar-refractivity contribution in [1.29, 1.82) is 0 Å². The molecule has 0 radical (unpaired) electrons. The molecule has 0 amide bonds. The summed E-state index contributed by atoms with van der Waals surface area (Å²) in [6.07, 6.45) is 1.70. The van der Waals surface area contributed by atoms with Crippen LogP contribution in [0.5, 0.6) is 5.75 Å². The Morgan fingerprint density at radius 1 is 1.17 bits per heavy atom. The van der Waals surface area contributed by atoms with Crippen LogP contribution in [0.3, 0.4) is 0 Å². The molecule has 0 atom stereocenters. The number of aliphatic hydroxyl groups excluding tert-OH is 1. The number of hydrogen-bond donors (Lipinski definition) is 2. The zero-order valence-electron chi connectivity index (χ0n) is 11.8. The quantitative estimate of drug-likeness (QED) is 0.698. The number of aliphatic hydroxyl groups is 1. The van der Waals surface area contributed by atoms with E-state index in [2.05, 4.69) is 38.2 Å². The maximum atomic E-state index is 8.73. The molecule has 0 aliphatic rings. The molecule has 18 heavy (non-hydrogen) atoms. The average molecular weight is 251 g/mol.